The molecule has 0 bridgehead atoms. The van der Waals surface area contributed by atoms with E-state index in [4.69, 9.17) is 4.74 Å². The molecule has 0 aliphatic heterocycles. The summed E-state index contributed by atoms with van der Waals surface area (Å²) in [6.07, 6.45) is 0. The second kappa shape index (κ2) is 6.73. The summed E-state index contributed by atoms with van der Waals surface area (Å²) in [6.45, 7) is 3.53. The van der Waals surface area contributed by atoms with Crippen molar-refractivity contribution >= 4 is 15.9 Å². The van der Waals surface area contributed by atoms with E-state index in [0.29, 0.717) is 6.61 Å². The summed E-state index contributed by atoms with van der Waals surface area (Å²) >= 11 is 3.47. The van der Waals surface area contributed by atoms with E-state index in [0.717, 1.165) is 22.3 Å². The molecule has 3 heteroatoms. The third-order valence-corrected chi connectivity index (χ3v) is 3.41. The van der Waals surface area contributed by atoms with Gasteiger partial charge in [-0.05, 0) is 42.8 Å². The van der Waals surface area contributed by atoms with Gasteiger partial charge in [-0.3, -0.25) is 0 Å². The van der Waals surface area contributed by atoms with Crippen LogP contribution in [0.1, 0.15) is 16.7 Å². The Labute approximate surface area is 122 Å². The molecule has 2 nitrogen and oxygen atoms in total. The molecule has 0 spiro atoms. The van der Waals surface area contributed by atoms with Crippen LogP contribution in [-0.2, 0) is 13.2 Å². The van der Waals surface area contributed by atoms with E-state index in [1.165, 1.54) is 11.1 Å². The molecule has 0 saturated carbocycles. The van der Waals surface area contributed by atoms with Gasteiger partial charge in [-0.1, -0.05) is 46.3 Å². The van der Waals surface area contributed by atoms with Gasteiger partial charge in [-0.2, -0.15) is 0 Å². The Bertz CT molecular complexity index is 554. The van der Waals surface area contributed by atoms with E-state index in [2.05, 4.69) is 58.5 Å². The van der Waals surface area contributed by atoms with Crippen molar-refractivity contribution in [1.82, 2.24) is 5.32 Å². The molecule has 0 atom stereocenters. The van der Waals surface area contributed by atoms with Crippen molar-refractivity contribution in [1.29, 1.82) is 0 Å². The Balaban J connectivity index is 2.05. The average molecular weight is 320 g/mol. The minimum atomic E-state index is 0.592. The number of hydrogen-bond acceptors (Lipinski definition) is 2. The van der Waals surface area contributed by atoms with Crippen molar-refractivity contribution in [2.45, 2.75) is 20.1 Å². The zero-order valence-corrected chi connectivity index (χ0v) is 12.8. The Kier molecular flexibility index (Phi) is 5.00. The lowest BCUT2D eigenvalue weighted by molar-refractivity contribution is 0.304. The maximum atomic E-state index is 5.89. The van der Waals surface area contributed by atoms with Crippen molar-refractivity contribution in [3.63, 3.8) is 0 Å². The monoisotopic (exact) mass is 319 g/mol. The van der Waals surface area contributed by atoms with E-state index in [1.807, 2.05) is 19.2 Å². The highest BCUT2D eigenvalue weighted by atomic mass is 79.9. The molecule has 0 saturated heterocycles. The van der Waals surface area contributed by atoms with Crippen LogP contribution in [0.2, 0.25) is 0 Å². The number of ether oxygens (including phenoxy) is 1. The summed E-state index contributed by atoms with van der Waals surface area (Å²) in [5.41, 5.74) is 3.61. The van der Waals surface area contributed by atoms with Crippen molar-refractivity contribution in [3.05, 3.63) is 63.6 Å². The lowest BCUT2D eigenvalue weighted by Gasteiger charge is -2.10. The maximum absolute atomic E-state index is 5.89. The second-order valence-electron chi connectivity index (χ2n) is 4.55. The third kappa shape index (κ3) is 4.08. The molecule has 19 heavy (non-hydrogen) atoms. The highest BCUT2D eigenvalue weighted by molar-refractivity contribution is 9.10. The topological polar surface area (TPSA) is 21.3 Å². The fourth-order valence-corrected chi connectivity index (χ4v) is 2.26. The molecule has 0 amide bonds. The zero-order chi connectivity index (χ0) is 13.7. The molecular weight excluding hydrogens is 302 g/mol. The molecule has 0 fully saturated rings. The summed E-state index contributed by atoms with van der Waals surface area (Å²) in [7, 11) is 1.95. The summed E-state index contributed by atoms with van der Waals surface area (Å²) in [5, 5.41) is 3.15. The first-order chi connectivity index (χ1) is 9.19. The van der Waals surface area contributed by atoms with E-state index in [-0.39, 0.29) is 0 Å². The molecule has 0 aliphatic carbocycles. The molecule has 2 rings (SSSR count). The van der Waals surface area contributed by atoms with Gasteiger partial charge in [0.2, 0.25) is 0 Å². The van der Waals surface area contributed by atoms with Gasteiger partial charge in [0.05, 0.1) is 0 Å². The standard InChI is InChI=1S/C16H18BrNO/c1-12-6-7-15(17)9-16(12)19-11-14-5-3-4-13(8-14)10-18-2/h3-9,18H,10-11H2,1-2H3. The number of benzene rings is 2. The summed E-state index contributed by atoms with van der Waals surface area (Å²) < 4.78 is 6.93. The summed E-state index contributed by atoms with van der Waals surface area (Å²) in [5.74, 6) is 0.924. The normalized spacial score (nSPS) is 10.5. The van der Waals surface area contributed by atoms with Crippen molar-refractivity contribution in [2.24, 2.45) is 0 Å². The van der Waals surface area contributed by atoms with Crippen LogP contribution in [0, 0.1) is 6.92 Å². The molecule has 0 radical (unpaired) electrons. The van der Waals surface area contributed by atoms with Crippen LogP contribution >= 0.6 is 15.9 Å². The Morgan fingerprint density at radius 3 is 2.68 bits per heavy atom. The van der Waals surface area contributed by atoms with Crippen LogP contribution in [0.4, 0.5) is 0 Å². The number of rotatable bonds is 5. The van der Waals surface area contributed by atoms with Crippen LogP contribution in [0.3, 0.4) is 0 Å². The molecular formula is C16H18BrNO. The first kappa shape index (κ1) is 14.1. The first-order valence-electron chi connectivity index (χ1n) is 6.30. The maximum Gasteiger partial charge on any atom is 0.123 e. The molecule has 2 aromatic carbocycles. The molecule has 0 aliphatic rings. The number of aryl methyl sites for hydroxylation is 1. The molecule has 1 N–H and O–H groups in total. The Morgan fingerprint density at radius 1 is 1.11 bits per heavy atom. The van der Waals surface area contributed by atoms with Crippen LogP contribution in [0.25, 0.3) is 0 Å². The van der Waals surface area contributed by atoms with Crippen LogP contribution in [-0.4, -0.2) is 7.05 Å². The lowest BCUT2D eigenvalue weighted by Crippen LogP contribution is -2.05. The van der Waals surface area contributed by atoms with Gasteiger partial charge in [-0.25, -0.2) is 0 Å². The van der Waals surface area contributed by atoms with Crippen molar-refractivity contribution in [3.8, 4) is 5.75 Å². The minimum absolute atomic E-state index is 0.592. The second-order valence-corrected chi connectivity index (χ2v) is 5.46. The lowest BCUT2D eigenvalue weighted by atomic mass is 10.1. The average Bonchev–Trinajstić information content (AvgIpc) is 2.41. The Morgan fingerprint density at radius 2 is 1.89 bits per heavy atom. The number of nitrogens with one attached hydrogen (secondary N) is 1. The van der Waals surface area contributed by atoms with Gasteiger partial charge in [0.1, 0.15) is 12.4 Å². The quantitative estimate of drug-likeness (QED) is 0.897. The predicted molar refractivity (Wildman–Crippen MR) is 82.4 cm³/mol. The largest absolute Gasteiger partial charge is 0.489 e. The smallest absolute Gasteiger partial charge is 0.123 e. The van der Waals surface area contributed by atoms with Crippen molar-refractivity contribution in [2.75, 3.05) is 7.05 Å². The van der Waals surface area contributed by atoms with Crippen LogP contribution < -0.4 is 10.1 Å². The van der Waals surface area contributed by atoms with Gasteiger partial charge in [-0.15, -0.1) is 0 Å². The predicted octanol–water partition coefficient (Wildman–Crippen LogP) is 4.06. The number of hydrogen-bond donors (Lipinski definition) is 1. The van der Waals surface area contributed by atoms with Gasteiger partial charge in [0, 0.05) is 11.0 Å². The molecule has 100 valence electrons. The van der Waals surface area contributed by atoms with Gasteiger partial charge in [0.15, 0.2) is 0 Å². The SMILES string of the molecule is CNCc1cccc(COc2cc(Br)ccc2C)c1. The van der Waals surface area contributed by atoms with Gasteiger partial charge < -0.3 is 10.1 Å². The fourth-order valence-electron chi connectivity index (χ4n) is 1.92. The highest BCUT2D eigenvalue weighted by Gasteiger charge is 2.02. The summed E-state index contributed by atoms with van der Waals surface area (Å²) in [4.78, 5) is 0. The van der Waals surface area contributed by atoms with E-state index < -0.39 is 0 Å². The first-order valence-corrected chi connectivity index (χ1v) is 7.09. The fraction of sp³-hybridized carbons (Fsp3) is 0.250. The Hall–Kier alpha value is -1.32. The number of halogens is 1. The zero-order valence-electron chi connectivity index (χ0n) is 11.2. The summed E-state index contributed by atoms with van der Waals surface area (Å²) in [6, 6.07) is 14.5. The molecule has 0 unspecified atom stereocenters. The van der Waals surface area contributed by atoms with Crippen LogP contribution in [0.5, 0.6) is 5.75 Å². The molecule has 2 aromatic rings. The minimum Gasteiger partial charge on any atom is -0.489 e. The van der Waals surface area contributed by atoms with E-state index in [1.54, 1.807) is 0 Å². The van der Waals surface area contributed by atoms with Crippen LogP contribution in [0.15, 0.2) is 46.9 Å². The van der Waals surface area contributed by atoms with Gasteiger partial charge >= 0.3 is 0 Å². The third-order valence-electron chi connectivity index (χ3n) is 2.92. The van der Waals surface area contributed by atoms with Crippen molar-refractivity contribution < 1.29 is 4.74 Å². The van der Waals surface area contributed by atoms with E-state index >= 15 is 0 Å². The molecule has 0 heterocycles. The molecule has 0 aromatic heterocycles. The highest BCUT2D eigenvalue weighted by Crippen LogP contribution is 2.23. The van der Waals surface area contributed by atoms with E-state index in [9.17, 15) is 0 Å². The van der Waals surface area contributed by atoms with Gasteiger partial charge in [0.25, 0.3) is 0 Å².